The van der Waals surface area contributed by atoms with E-state index in [-0.39, 0.29) is 0 Å². The number of nitrogens with zero attached hydrogens (tertiary/aromatic N) is 4. The molecule has 0 spiro atoms. The SMILES string of the molecule is C=CCCCN(C)C(=NCCCn1ccnc1)NCC. The first kappa shape index (κ1) is 16.3. The molecule has 1 heterocycles. The van der Waals surface area contributed by atoms with Gasteiger partial charge in [-0.3, -0.25) is 4.99 Å². The molecule has 5 nitrogen and oxygen atoms in total. The number of nitrogens with one attached hydrogen (secondary N) is 1. The second kappa shape index (κ2) is 10.1. The van der Waals surface area contributed by atoms with Crippen molar-refractivity contribution in [2.24, 2.45) is 4.99 Å². The average Bonchev–Trinajstić information content (AvgIpc) is 2.95. The first-order chi connectivity index (χ1) is 9.77. The molecular formula is C15H27N5. The maximum absolute atomic E-state index is 4.66. The van der Waals surface area contributed by atoms with E-state index in [1.807, 2.05) is 18.6 Å². The molecule has 1 aromatic rings. The van der Waals surface area contributed by atoms with Crippen LogP contribution in [-0.2, 0) is 6.54 Å². The predicted molar refractivity (Wildman–Crippen MR) is 84.9 cm³/mol. The fourth-order valence-electron chi connectivity index (χ4n) is 1.91. The smallest absolute Gasteiger partial charge is 0.193 e. The quantitative estimate of drug-likeness (QED) is 0.325. The lowest BCUT2D eigenvalue weighted by Gasteiger charge is -2.21. The molecule has 0 fully saturated rings. The van der Waals surface area contributed by atoms with Crippen LogP contribution in [0.5, 0.6) is 0 Å². The number of hydrogen-bond acceptors (Lipinski definition) is 2. The Hall–Kier alpha value is -1.78. The van der Waals surface area contributed by atoms with Crippen LogP contribution in [-0.4, -0.2) is 47.1 Å². The summed E-state index contributed by atoms with van der Waals surface area (Å²) in [5.74, 6) is 0.988. The maximum Gasteiger partial charge on any atom is 0.193 e. The minimum absolute atomic E-state index is 0.826. The first-order valence-electron chi connectivity index (χ1n) is 7.34. The van der Waals surface area contributed by atoms with Crippen LogP contribution >= 0.6 is 0 Å². The summed E-state index contributed by atoms with van der Waals surface area (Å²) >= 11 is 0. The molecule has 0 aliphatic heterocycles. The van der Waals surface area contributed by atoms with E-state index in [4.69, 9.17) is 0 Å². The van der Waals surface area contributed by atoms with Crippen molar-refractivity contribution in [3.8, 4) is 0 Å². The number of aryl methyl sites for hydroxylation is 1. The normalized spacial score (nSPS) is 11.4. The molecule has 1 N–H and O–H groups in total. The molecule has 5 heteroatoms. The molecule has 0 aromatic carbocycles. The van der Waals surface area contributed by atoms with Crippen LogP contribution in [0.4, 0.5) is 0 Å². The van der Waals surface area contributed by atoms with Crippen molar-refractivity contribution in [3.63, 3.8) is 0 Å². The van der Waals surface area contributed by atoms with Crippen molar-refractivity contribution in [2.75, 3.05) is 26.7 Å². The molecule has 0 amide bonds. The van der Waals surface area contributed by atoms with Crippen LogP contribution in [0.25, 0.3) is 0 Å². The summed E-state index contributed by atoms with van der Waals surface area (Å²) in [6.07, 6.45) is 10.8. The Balaban J connectivity index is 2.34. The highest BCUT2D eigenvalue weighted by Crippen LogP contribution is 1.96. The van der Waals surface area contributed by atoms with Gasteiger partial charge in [-0.05, 0) is 26.2 Å². The molecule has 1 aromatic heterocycles. The number of rotatable bonds is 9. The van der Waals surface area contributed by atoms with Gasteiger partial charge < -0.3 is 14.8 Å². The van der Waals surface area contributed by atoms with Crippen LogP contribution in [0.3, 0.4) is 0 Å². The second-order valence-corrected chi connectivity index (χ2v) is 4.74. The number of unbranched alkanes of at least 4 members (excludes halogenated alkanes) is 1. The van der Waals surface area contributed by atoms with E-state index in [9.17, 15) is 0 Å². The number of guanidine groups is 1. The lowest BCUT2D eigenvalue weighted by atomic mass is 10.3. The van der Waals surface area contributed by atoms with Gasteiger partial charge in [-0.15, -0.1) is 6.58 Å². The second-order valence-electron chi connectivity index (χ2n) is 4.74. The van der Waals surface area contributed by atoms with Crippen LogP contribution < -0.4 is 5.32 Å². The summed E-state index contributed by atoms with van der Waals surface area (Å²) in [7, 11) is 2.08. The predicted octanol–water partition coefficient (Wildman–Crippen LogP) is 2.14. The monoisotopic (exact) mass is 277 g/mol. The van der Waals surface area contributed by atoms with Gasteiger partial charge in [0.2, 0.25) is 0 Å². The molecule has 0 saturated heterocycles. The number of imidazole rings is 1. The van der Waals surface area contributed by atoms with E-state index in [0.717, 1.165) is 51.4 Å². The van der Waals surface area contributed by atoms with E-state index in [2.05, 4.69) is 45.3 Å². The zero-order chi connectivity index (χ0) is 14.6. The fourth-order valence-corrected chi connectivity index (χ4v) is 1.91. The molecule has 0 radical (unpaired) electrons. The molecule has 1 rings (SSSR count). The van der Waals surface area contributed by atoms with Gasteiger partial charge in [0.05, 0.1) is 6.33 Å². The third-order valence-electron chi connectivity index (χ3n) is 2.99. The van der Waals surface area contributed by atoms with Crippen molar-refractivity contribution in [2.45, 2.75) is 32.7 Å². The Morgan fingerprint density at radius 2 is 2.35 bits per heavy atom. The van der Waals surface area contributed by atoms with Gasteiger partial charge in [0.25, 0.3) is 0 Å². The summed E-state index contributed by atoms with van der Waals surface area (Å²) in [6.45, 7) is 9.53. The fraction of sp³-hybridized carbons (Fsp3) is 0.600. The lowest BCUT2D eigenvalue weighted by molar-refractivity contribution is 0.469. The molecule has 0 atom stereocenters. The summed E-state index contributed by atoms with van der Waals surface area (Å²) in [6, 6.07) is 0. The van der Waals surface area contributed by atoms with Crippen molar-refractivity contribution < 1.29 is 0 Å². The third kappa shape index (κ3) is 6.41. The van der Waals surface area contributed by atoms with Gasteiger partial charge in [-0.1, -0.05) is 6.08 Å². The number of hydrogen-bond donors (Lipinski definition) is 1. The third-order valence-corrected chi connectivity index (χ3v) is 2.99. The summed E-state index contributed by atoms with van der Waals surface area (Å²) in [4.78, 5) is 10.9. The highest BCUT2D eigenvalue weighted by Gasteiger charge is 2.04. The van der Waals surface area contributed by atoms with Crippen LogP contribution in [0.15, 0.2) is 36.4 Å². The maximum atomic E-state index is 4.66. The summed E-state index contributed by atoms with van der Waals surface area (Å²) in [5, 5.41) is 3.33. The Morgan fingerprint density at radius 3 is 3.00 bits per heavy atom. The molecule has 0 aliphatic carbocycles. The number of aliphatic imine (C=N–C) groups is 1. The zero-order valence-electron chi connectivity index (χ0n) is 12.8. The van der Waals surface area contributed by atoms with Crippen LogP contribution in [0.2, 0.25) is 0 Å². The van der Waals surface area contributed by atoms with Crippen molar-refractivity contribution in [1.82, 2.24) is 19.8 Å². The van der Waals surface area contributed by atoms with Gasteiger partial charge in [0.15, 0.2) is 5.96 Å². The van der Waals surface area contributed by atoms with Gasteiger partial charge >= 0.3 is 0 Å². The summed E-state index contributed by atoms with van der Waals surface area (Å²) in [5.41, 5.74) is 0. The first-order valence-corrected chi connectivity index (χ1v) is 7.34. The molecule has 0 aliphatic rings. The van der Waals surface area contributed by atoms with Crippen molar-refractivity contribution in [1.29, 1.82) is 0 Å². The largest absolute Gasteiger partial charge is 0.357 e. The molecular weight excluding hydrogens is 250 g/mol. The Kier molecular flexibility index (Phi) is 8.19. The van der Waals surface area contributed by atoms with E-state index >= 15 is 0 Å². The number of allylic oxidation sites excluding steroid dienone is 1. The van der Waals surface area contributed by atoms with Gasteiger partial charge in [-0.25, -0.2) is 4.98 Å². The number of aromatic nitrogens is 2. The topological polar surface area (TPSA) is 45.5 Å². The minimum atomic E-state index is 0.826. The van der Waals surface area contributed by atoms with Crippen LogP contribution in [0.1, 0.15) is 26.2 Å². The van der Waals surface area contributed by atoms with E-state index in [1.54, 1.807) is 6.20 Å². The molecule has 0 unspecified atom stereocenters. The zero-order valence-corrected chi connectivity index (χ0v) is 12.8. The van der Waals surface area contributed by atoms with Gasteiger partial charge in [-0.2, -0.15) is 0 Å². The highest BCUT2D eigenvalue weighted by atomic mass is 15.3. The Morgan fingerprint density at radius 1 is 1.50 bits per heavy atom. The molecule has 20 heavy (non-hydrogen) atoms. The van der Waals surface area contributed by atoms with E-state index < -0.39 is 0 Å². The van der Waals surface area contributed by atoms with Gasteiger partial charge in [0, 0.05) is 45.6 Å². The van der Waals surface area contributed by atoms with Crippen LogP contribution in [0, 0.1) is 0 Å². The molecule has 0 saturated carbocycles. The summed E-state index contributed by atoms with van der Waals surface area (Å²) < 4.78 is 2.08. The van der Waals surface area contributed by atoms with Gasteiger partial charge in [0.1, 0.15) is 0 Å². The van der Waals surface area contributed by atoms with E-state index in [0.29, 0.717) is 0 Å². The van der Waals surface area contributed by atoms with E-state index in [1.165, 1.54) is 0 Å². The highest BCUT2D eigenvalue weighted by molar-refractivity contribution is 5.79. The Labute approximate surface area is 122 Å². The van der Waals surface area contributed by atoms with Crippen molar-refractivity contribution in [3.05, 3.63) is 31.4 Å². The Bertz CT molecular complexity index is 383. The minimum Gasteiger partial charge on any atom is -0.357 e. The molecule has 0 bridgehead atoms. The lowest BCUT2D eigenvalue weighted by Crippen LogP contribution is -2.39. The standard InChI is InChI=1S/C15H27N5/c1-4-6-7-11-19(3)15(17-5-2)18-9-8-12-20-13-10-16-14-20/h4,10,13-14H,1,5-9,11-12H2,2-3H3,(H,17,18). The molecule has 112 valence electrons. The van der Waals surface area contributed by atoms with Crippen molar-refractivity contribution >= 4 is 5.96 Å². The average molecular weight is 277 g/mol.